The fraction of sp³-hybridized carbons (Fsp3) is 0.591. The van der Waals surface area contributed by atoms with Crippen molar-refractivity contribution in [2.24, 2.45) is 23.0 Å². The summed E-state index contributed by atoms with van der Waals surface area (Å²) in [7, 11) is 0. The summed E-state index contributed by atoms with van der Waals surface area (Å²) in [6, 6.07) is 11.4. The molecule has 0 heterocycles. The van der Waals surface area contributed by atoms with Gasteiger partial charge in [-0.3, -0.25) is 0 Å². The first-order valence-corrected chi connectivity index (χ1v) is 9.75. The van der Waals surface area contributed by atoms with Crippen molar-refractivity contribution in [3.05, 3.63) is 47.5 Å². The quantitative estimate of drug-likeness (QED) is 0.524. The molecule has 2 saturated carbocycles. The van der Waals surface area contributed by atoms with Crippen LogP contribution in [0.15, 0.2) is 42.0 Å². The molecule has 0 spiro atoms. The fourth-order valence-corrected chi connectivity index (χ4v) is 5.50. The summed E-state index contributed by atoms with van der Waals surface area (Å²) < 4.78 is 0. The molecule has 2 N–H and O–H groups in total. The molecule has 2 aliphatic carbocycles. The van der Waals surface area contributed by atoms with Crippen LogP contribution in [-0.2, 0) is 5.41 Å². The average Bonchev–Trinajstić information content (AvgIpc) is 2.51. The molecule has 2 bridgehead atoms. The first-order valence-electron chi connectivity index (χ1n) is 9.28. The average molecular weight is 344 g/mol. The molecular weight excluding hydrogens is 310 g/mol. The second kappa shape index (κ2) is 7.82. The van der Waals surface area contributed by atoms with E-state index in [1.54, 1.807) is 11.1 Å². The highest BCUT2D eigenvalue weighted by Gasteiger charge is 2.50. The molecule has 2 aliphatic rings. The molecular formula is C22H33NS. The molecule has 0 radical (unpaired) electrons. The molecule has 0 aromatic heterocycles. The Kier molecular flexibility index (Phi) is 6.25. The molecule has 2 fully saturated rings. The van der Waals surface area contributed by atoms with E-state index in [4.69, 9.17) is 0 Å². The van der Waals surface area contributed by atoms with Crippen LogP contribution in [0.2, 0.25) is 0 Å². The van der Waals surface area contributed by atoms with Crippen LogP contribution in [0.25, 0.3) is 0 Å². The topological polar surface area (TPSA) is 26.0 Å². The molecule has 1 aromatic rings. The Morgan fingerprint density at radius 2 is 1.79 bits per heavy atom. The Morgan fingerprint density at radius 3 is 2.38 bits per heavy atom. The highest BCUT2D eigenvalue weighted by Crippen LogP contribution is 2.59. The number of allylic oxidation sites excluding steroid dienone is 2. The lowest BCUT2D eigenvalue weighted by Crippen LogP contribution is -2.46. The summed E-state index contributed by atoms with van der Waals surface area (Å²) >= 11 is 4.05. The summed E-state index contributed by atoms with van der Waals surface area (Å²) in [4.78, 5) is 0. The van der Waals surface area contributed by atoms with Crippen LogP contribution >= 0.6 is 12.2 Å². The first kappa shape index (κ1) is 19.2. The second-order valence-corrected chi connectivity index (χ2v) is 8.72. The van der Waals surface area contributed by atoms with Gasteiger partial charge in [0.15, 0.2) is 0 Å². The lowest BCUT2D eigenvalue weighted by molar-refractivity contribution is 0.0655. The van der Waals surface area contributed by atoms with E-state index in [0.717, 1.165) is 17.3 Å². The number of thiocarbonyl (C=S) groups is 1. The lowest BCUT2D eigenvalue weighted by atomic mass is 9.49. The number of benzene rings is 1. The zero-order valence-corrected chi connectivity index (χ0v) is 16.5. The smallest absolute Gasteiger partial charge is 0.0588 e. The fourth-order valence-electron chi connectivity index (χ4n) is 5.50. The van der Waals surface area contributed by atoms with Gasteiger partial charge in [0.05, 0.1) is 5.49 Å². The van der Waals surface area contributed by atoms with Gasteiger partial charge in [0.1, 0.15) is 0 Å². The van der Waals surface area contributed by atoms with Crippen molar-refractivity contribution in [3.8, 4) is 0 Å². The Labute approximate surface area is 153 Å². The van der Waals surface area contributed by atoms with E-state index in [1.807, 2.05) is 0 Å². The number of fused-ring (bicyclic) bond motifs is 2. The predicted molar refractivity (Wildman–Crippen MR) is 109 cm³/mol. The monoisotopic (exact) mass is 343 g/mol. The van der Waals surface area contributed by atoms with Crippen molar-refractivity contribution >= 4 is 17.7 Å². The van der Waals surface area contributed by atoms with Crippen molar-refractivity contribution in [2.75, 3.05) is 0 Å². The first-order chi connectivity index (χ1) is 11.4. The van der Waals surface area contributed by atoms with Crippen molar-refractivity contribution < 1.29 is 0 Å². The van der Waals surface area contributed by atoms with Gasteiger partial charge in [-0.25, -0.2) is 0 Å². The summed E-state index contributed by atoms with van der Waals surface area (Å²) in [6.45, 7) is 9.71. The summed E-state index contributed by atoms with van der Waals surface area (Å²) in [6.07, 6.45) is 9.15. The van der Waals surface area contributed by atoms with Gasteiger partial charge in [0.25, 0.3) is 0 Å². The van der Waals surface area contributed by atoms with Gasteiger partial charge in [-0.05, 0) is 60.3 Å². The number of nitrogens with two attached hydrogens (primary N) is 1. The van der Waals surface area contributed by atoms with Gasteiger partial charge < -0.3 is 5.73 Å². The Bertz CT molecular complexity index is 571. The van der Waals surface area contributed by atoms with Gasteiger partial charge in [-0.2, -0.15) is 0 Å². The van der Waals surface area contributed by atoms with E-state index in [-0.39, 0.29) is 0 Å². The minimum Gasteiger partial charge on any atom is -0.396 e. The van der Waals surface area contributed by atoms with Crippen molar-refractivity contribution in [1.82, 2.24) is 0 Å². The van der Waals surface area contributed by atoms with E-state index in [0.29, 0.717) is 10.8 Å². The highest BCUT2D eigenvalue weighted by molar-refractivity contribution is 7.78. The summed E-state index contributed by atoms with van der Waals surface area (Å²) in [5.74, 6) is 1.55. The van der Waals surface area contributed by atoms with E-state index in [9.17, 15) is 0 Å². The van der Waals surface area contributed by atoms with Crippen molar-refractivity contribution in [2.45, 2.75) is 65.2 Å². The summed E-state index contributed by atoms with van der Waals surface area (Å²) in [5.41, 5.74) is 9.85. The van der Waals surface area contributed by atoms with Crippen LogP contribution in [0.1, 0.15) is 65.4 Å². The third-order valence-corrected chi connectivity index (χ3v) is 5.82. The van der Waals surface area contributed by atoms with E-state index >= 15 is 0 Å². The third-order valence-electron chi connectivity index (χ3n) is 5.82. The van der Waals surface area contributed by atoms with Gasteiger partial charge in [-0.1, -0.05) is 81.9 Å². The van der Waals surface area contributed by atoms with Crippen LogP contribution in [0.3, 0.4) is 0 Å². The minimum atomic E-state index is 0.415. The van der Waals surface area contributed by atoms with Gasteiger partial charge >= 0.3 is 0 Å². The molecule has 0 saturated heterocycles. The molecule has 1 aromatic carbocycles. The largest absolute Gasteiger partial charge is 0.396 e. The van der Waals surface area contributed by atoms with Gasteiger partial charge in [-0.15, -0.1) is 0 Å². The van der Waals surface area contributed by atoms with E-state index in [2.05, 4.69) is 82.1 Å². The molecule has 0 aliphatic heterocycles. The molecule has 24 heavy (non-hydrogen) atoms. The van der Waals surface area contributed by atoms with Crippen molar-refractivity contribution in [1.29, 1.82) is 0 Å². The van der Waals surface area contributed by atoms with E-state index in [1.165, 1.54) is 32.1 Å². The maximum Gasteiger partial charge on any atom is 0.0588 e. The molecule has 2 heteroatoms. The lowest BCUT2D eigenvalue weighted by Gasteiger charge is -2.55. The van der Waals surface area contributed by atoms with E-state index < -0.39 is 0 Å². The number of hydrogen-bond acceptors (Lipinski definition) is 1. The Morgan fingerprint density at radius 1 is 1.17 bits per heavy atom. The number of rotatable bonds is 2. The molecule has 3 rings (SSSR count). The molecule has 0 amide bonds. The normalized spacial score (nSPS) is 32.6. The standard InChI is InChI=1S/C21H30.CH3NS/c1-5-9-19-16(2)12-21(18-10-7-6-8-11-18)14-17(19)13-20(3,4)15-21;2-1-3/h6-11,16-17H,5,12-15H2,1-4H3;1H,(H2,2,3)/b19-9+;. The Balaban J connectivity index is 0.000000647. The van der Waals surface area contributed by atoms with Crippen LogP contribution in [-0.4, -0.2) is 5.49 Å². The highest BCUT2D eigenvalue weighted by atomic mass is 32.1. The maximum atomic E-state index is 4.54. The summed E-state index contributed by atoms with van der Waals surface area (Å²) in [5, 5.41) is 0. The molecule has 3 unspecified atom stereocenters. The minimum absolute atomic E-state index is 0.415. The molecule has 132 valence electrons. The maximum absolute atomic E-state index is 4.54. The Hall–Kier alpha value is -1.15. The zero-order valence-electron chi connectivity index (χ0n) is 15.7. The van der Waals surface area contributed by atoms with Crippen LogP contribution in [0, 0.1) is 17.3 Å². The van der Waals surface area contributed by atoms with Gasteiger partial charge in [0.2, 0.25) is 0 Å². The van der Waals surface area contributed by atoms with Gasteiger partial charge in [0, 0.05) is 0 Å². The van der Waals surface area contributed by atoms with Crippen molar-refractivity contribution in [3.63, 3.8) is 0 Å². The SMILES string of the molecule is CC/C=C1\C(C)CC2(c3ccccc3)CC1CC(C)(C)C2.NC=S. The van der Waals surface area contributed by atoms with Crippen LogP contribution in [0.5, 0.6) is 0 Å². The molecule has 1 nitrogen and oxygen atoms in total. The zero-order chi connectivity index (χ0) is 17.8. The van der Waals surface area contributed by atoms with Crippen LogP contribution in [0.4, 0.5) is 0 Å². The van der Waals surface area contributed by atoms with Crippen LogP contribution < -0.4 is 5.73 Å². The number of hydrogen-bond donors (Lipinski definition) is 1. The third kappa shape index (κ3) is 4.08. The second-order valence-electron chi connectivity index (χ2n) is 8.45. The molecule has 3 atom stereocenters. The predicted octanol–water partition coefficient (Wildman–Crippen LogP) is 6.03.